The van der Waals surface area contributed by atoms with E-state index in [1.807, 2.05) is 59.5 Å². The minimum Gasteiger partial charge on any atom is -0.350 e. The molecule has 0 radical (unpaired) electrons. The fraction of sp³-hybridized carbons (Fsp3) is 0.118. The Hall–Kier alpha value is -1.69. The lowest BCUT2D eigenvalue weighted by Gasteiger charge is -2.03. The van der Waals surface area contributed by atoms with E-state index in [2.05, 4.69) is 6.07 Å². The predicted octanol–water partition coefficient (Wildman–Crippen LogP) is 4.46. The van der Waals surface area contributed by atoms with Crippen molar-refractivity contribution in [2.45, 2.75) is 6.92 Å². The summed E-state index contributed by atoms with van der Waals surface area (Å²) in [7, 11) is 1.92. The third-order valence-electron chi connectivity index (χ3n) is 3.57. The first-order valence-corrected chi connectivity index (χ1v) is 7.60. The minimum atomic E-state index is -0.329. The largest absolute Gasteiger partial charge is 0.350 e. The second kappa shape index (κ2) is 5.26. The summed E-state index contributed by atoms with van der Waals surface area (Å²) in [6.45, 7) is 2.02. The van der Waals surface area contributed by atoms with Crippen LogP contribution in [0.3, 0.4) is 0 Å². The Kier molecular flexibility index (Phi) is 3.57. The van der Waals surface area contributed by atoms with Gasteiger partial charge in [0.15, 0.2) is 5.78 Å². The van der Waals surface area contributed by atoms with Crippen LogP contribution < -0.4 is 0 Å². The van der Waals surface area contributed by atoms with E-state index in [1.54, 1.807) is 6.07 Å². The molecule has 4 heteroatoms. The molecule has 0 aliphatic rings. The van der Waals surface area contributed by atoms with Gasteiger partial charge in [0.2, 0.25) is 0 Å². The van der Waals surface area contributed by atoms with Gasteiger partial charge in [-0.15, -0.1) is 0 Å². The minimum absolute atomic E-state index is 0.0751. The summed E-state index contributed by atoms with van der Waals surface area (Å²) in [5.74, 6) is -0.404. The van der Waals surface area contributed by atoms with E-state index >= 15 is 0 Å². The monoisotopic (exact) mass is 393 g/mol. The molecule has 0 N–H and O–H groups in total. The zero-order valence-electron chi connectivity index (χ0n) is 11.7. The number of aryl methyl sites for hydroxylation is 2. The second-order valence-electron chi connectivity index (χ2n) is 5.13. The highest BCUT2D eigenvalue weighted by atomic mass is 127. The van der Waals surface area contributed by atoms with Crippen molar-refractivity contribution in [3.63, 3.8) is 0 Å². The zero-order chi connectivity index (χ0) is 15.1. The highest BCUT2D eigenvalue weighted by molar-refractivity contribution is 14.1. The highest BCUT2D eigenvalue weighted by Gasteiger charge is 2.18. The summed E-state index contributed by atoms with van der Waals surface area (Å²) in [5.41, 5.74) is 3.36. The molecule has 3 rings (SSSR count). The van der Waals surface area contributed by atoms with E-state index in [0.29, 0.717) is 14.7 Å². The molecule has 3 aromatic rings. The normalized spacial score (nSPS) is 11.0. The van der Waals surface area contributed by atoms with Crippen LogP contribution in [0.2, 0.25) is 0 Å². The Balaban J connectivity index is 2.18. The van der Waals surface area contributed by atoms with Crippen molar-refractivity contribution >= 4 is 39.3 Å². The Bertz CT molecular complexity index is 867. The van der Waals surface area contributed by atoms with Gasteiger partial charge in [-0.05, 0) is 59.3 Å². The number of carbonyl (C=O) groups is 1. The summed E-state index contributed by atoms with van der Waals surface area (Å²) < 4.78 is 15.8. The number of rotatable bonds is 2. The van der Waals surface area contributed by atoms with Crippen LogP contribution in [0.1, 0.15) is 21.5 Å². The molecule has 0 atom stereocenters. The lowest BCUT2D eigenvalue weighted by Crippen LogP contribution is -2.03. The van der Waals surface area contributed by atoms with Crippen LogP contribution in [0.5, 0.6) is 0 Å². The SMILES string of the molecule is Cc1ccc2c(C(=O)c3ccc(F)cc3I)cn(C)c2c1. The van der Waals surface area contributed by atoms with Crippen LogP contribution >= 0.6 is 22.6 Å². The number of carbonyl (C=O) groups excluding carboxylic acids is 1. The molecule has 0 amide bonds. The number of hydrogen-bond acceptors (Lipinski definition) is 1. The molecule has 0 saturated heterocycles. The standard InChI is InChI=1S/C17H13FINO/c1-10-3-5-12-14(9-20(2)16(12)7-10)17(21)13-6-4-11(18)8-15(13)19/h3-9H,1-2H3. The fourth-order valence-corrected chi connectivity index (χ4v) is 3.22. The summed E-state index contributed by atoms with van der Waals surface area (Å²) in [6, 6.07) is 10.3. The number of aromatic nitrogens is 1. The first-order chi connectivity index (χ1) is 9.97. The molecular weight excluding hydrogens is 380 g/mol. The molecule has 0 fully saturated rings. The Morgan fingerprint density at radius 2 is 1.90 bits per heavy atom. The maximum absolute atomic E-state index is 13.2. The Labute approximate surface area is 135 Å². The third-order valence-corrected chi connectivity index (χ3v) is 4.46. The van der Waals surface area contributed by atoms with Gasteiger partial charge in [0.1, 0.15) is 5.82 Å². The van der Waals surface area contributed by atoms with Crippen LogP contribution in [0, 0.1) is 16.3 Å². The lowest BCUT2D eigenvalue weighted by atomic mass is 10.0. The topological polar surface area (TPSA) is 22.0 Å². The number of ketones is 1. The Morgan fingerprint density at radius 1 is 1.14 bits per heavy atom. The van der Waals surface area contributed by atoms with Crippen molar-refractivity contribution in [1.82, 2.24) is 4.57 Å². The van der Waals surface area contributed by atoms with E-state index in [9.17, 15) is 9.18 Å². The molecule has 1 aromatic heterocycles. The molecule has 0 aliphatic carbocycles. The molecule has 106 valence electrons. The van der Waals surface area contributed by atoms with Crippen molar-refractivity contribution in [2.75, 3.05) is 0 Å². The van der Waals surface area contributed by atoms with Crippen LogP contribution in [-0.2, 0) is 7.05 Å². The van der Waals surface area contributed by atoms with Crippen molar-refractivity contribution in [2.24, 2.45) is 7.05 Å². The molecule has 0 saturated carbocycles. The van der Waals surface area contributed by atoms with Gasteiger partial charge in [0, 0.05) is 38.8 Å². The zero-order valence-corrected chi connectivity index (χ0v) is 13.8. The number of halogens is 2. The Morgan fingerprint density at radius 3 is 2.62 bits per heavy atom. The van der Waals surface area contributed by atoms with Crippen LogP contribution in [0.25, 0.3) is 10.9 Å². The maximum Gasteiger partial charge on any atom is 0.196 e. The number of nitrogens with zero attached hydrogens (tertiary/aromatic N) is 1. The van der Waals surface area contributed by atoms with Crippen molar-refractivity contribution < 1.29 is 9.18 Å². The van der Waals surface area contributed by atoms with Gasteiger partial charge < -0.3 is 4.57 Å². The van der Waals surface area contributed by atoms with E-state index in [0.717, 1.165) is 16.5 Å². The average Bonchev–Trinajstić information content (AvgIpc) is 2.75. The molecule has 2 aromatic carbocycles. The average molecular weight is 393 g/mol. The lowest BCUT2D eigenvalue weighted by molar-refractivity contribution is 0.103. The highest BCUT2D eigenvalue weighted by Crippen LogP contribution is 2.26. The van der Waals surface area contributed by atoms with Crippen molar-refractivity contribution in [1.29, 1.82) is 0 Å². The molecule has 0 aliphatic heterocycles. The van der Waals surface area contributed by atoms with E-state index in [-0.39, 0.29) is 11.6 Å². The number of benzene rings is 2. The smallest absolute Gasteiger partial charge is 0.196 e. The number of hydrogen-bond donors (Lipinski definition) is 0. The van der Waals surface area contributed by atoms with Gasteiger partial charge in [-0.1, -0.05) is 12.1 Å². The van der Waals surface area contributed by atoms with E-state index < -0.39 is 0 Å². The first-order valence-electron chi connectivity index (χ1n) is 6.53. The van der Waals surface area contributed by atoms with Gasteiger partial charge in [-0.25, -0.2) is 4.39 Å². The van der Waals surface area contributed by atoms with Crippen LogP contribution in [-0.4, -0.2) is 10.4 Å². The maximum atomic E-state index is 13.2. The van der Waals surface area contributed by atoms with Crippen LogP contribution in [0.15, 0.2) is 42.6 Å². The summed E-state index contributed by atoms with van der Waals surface area (Å²) in [4.78, 5) is 12.8. The fourth-order valence-electron chi connectivity index (χ4n) is 2.49. The van der Waals surface area contributed by atoms with E-state index in [1.165, 1.54) is 12.1 Å². The van der Waals surface area contributed by atoms with E-state index in [4.69, 9.17) is 0 Å². The van der Waals surface area contributed by atoms with Gasteiger partial charge in [-0.2, -0.15) is 0 Å². The van der Waals surface area contributed by atoms with Gasteiger partial charge in [-0.3, -0.25) is 4.79 Å². The van der Waals surface area contributed by atoms with Gasteiger partial charge in [0.05, 0.1) is 0 Å². The molecule has 0 bridgehead atoms. The second-order valence-corrected chi connectivity index (χ2v) is 6.29. The van der Waals surface area contributed by atoms with Crippen molar-refractivity contribution in [3.8, 4) is 0 Å². The predicted molar refractivity (Wildman–Crippen MR) is 90.2 cm³/mol. The quantitative estimate of drug-likeness (QED) is 0.466. The van der Waals surface area contributed by atoms with Crippen molar-refractivity contribution in [3.05, 3.63) is 68.7 Å². The summed E-state index contributed by atoms with van der Waals surface area (Å²) in [5, 5.41) is 0.924. The summed E-state index contributed by atoms with van der Waals surface area (Å²) in [6.07, 6.45) is 1.84. The molecule has 0 unspecified atom stereocenters. The molecule has 21 heavy (non-hydrogen) atoms. The third kappa shape index (κ3) is 2.48. The molecule has 2 nitrogen and oxygen atoms in total. The molecule has 0 spiro atoms. The number of fused-ring (bicyclic) bond motifs is 1. The molecular formula is C17H13FINO. The van der Waals surface area contributed by atoms with Gasteiger partial charge >= 0.3 is 0 Å². The van der Waals surface area contributed by atoms with Crippen LogP contribution in [0.4, 0.5) is 4.39 Å². The summed E-state index contributed by atoms with van der Waals surface area (Å²) >= 11 is 2.00. The van der Waals surface area contributed by atoms with Gasteiger partial charge in [0.25, 0.3) is 0 Å². The first kappa shape index (κ1) is 14.3. The molecule has 1 heterocycles.